The number of fused-ring (bicyclic) bond motifs is 3. The highest BCUT2D eigenvalue weighted by atomic mass is 14.4. The summed E-state index contributed by atoms with van der Waals surface area (Å²) in [6.45, 7) is 3.95. The molecule has 3 saturated carbocycles. The third-order valence-electron chi connectivity index (χ3n) is 4.21. The average molecular weight is 165 g/mol. The maximum atomic E-state index is 3.95. The second-order valence-corrected chi connectivity index (χ2v) is 4.94. The van der Waals surface area contributed by atoms with Crippen molar-refractivity contribution in [3.05, 3.63) is 6.92 Å². The Bertz CT molecular complexity index is 126. The minimum atomic E-state index is 0.798. The van der Waals surface area contributed by atoms with Crippen molar-refractivity contribution in [1.82, 2.24) is 0 Å². The van der Waals surface area contributed by atoms with Crippen LogP contribution in [0.1, 0.15) is 57.8 Å². The van der Waals surface area contributed by atoms with Gasteiger partial charge in [0.05, 0.1) is 0 Å². The molecule has 0 spiro atoms. The van der Waals surface area contributed by atoms with Crippen molar-refractivity contribution in [2.75, 3.05) is 0 Å². The zero-order valence-electron chi connectivity index (χ0n) is 8.15. The van der Waals surface area contributed by atoms with Gasteiger partial charge < -0.3 is 0 Å². The van der Waals surface area contributed by atoms with Crippen molar-refractivity contribution < 1.29 is 0 Å². The summed E-state index contributed by atoms with van der Waals surface area (Å²) in [6, 6.07) is 0. The molecule has 0 aromatic rings. The molecule has 3 aliphatic carbocycles. The van der Waals surface area contributed by atoms with Crippen molar-refractivity contribution in [3.63, 3.8) is 0 Å². The lowest BCUT2D eigenvalue weighted by Crippen LogP contribution is -2.33. The first kappa shape index (κ1) is 8.59. The Balaban J connectivity index is 1.90. The molecule has 0 heterocycles. The standard InChI is InChI=1S/C12H21/c1-2-3-7-12-8-4-11(5-9-12)6-10-12/h11H,1-10H2. The van der Waals surface area contributed by atoms with Gasteiger partial charge in [0.2, 0.25) is 0 Å². The van der Waals surface area contributed by atoms with Crippen LogP contribution in [0.5, 0.6) is 0 Å². The Kier molecular flexibility index (Phi) is 2.43. The van der Waals surface area contributed by atoms with Gasteiger partial charge in [-0.05, 0) is 56.3 Å². The molecular formula is C12H21. The van der Waals surface area contributed by atoms with Gasteiger partial charge in [-0.15, -0.1) is 0 Å². The number of hydrogen-bond donors (Lipinski definition) is 0. The number of rotatable bonds is 3. The molecule has 1 radical (unpaired) electrons. The van der Waals surface area contributed by atoms with E-state index in [2.05, 4.69) is 6.92 Å². The van der Waals surface area contributed by atoms with Crippen LogP contribution in [-0.4, -0.2) is 0 Å². The Morgan fingerprint density at radius 2 is 1.67 bits per heavy atom. The fourth-order valence-corrected chi connectivity index (χ4v) is 3.21. The highest BCUT2D eigenvalue weighted by Crippen LogP contribution is 2.52. The Labute approximate surface area is 76.7 Å². The molecule has 0 atom stereocenters. The maximum Gasteiger partial charge on any atom is -0.0297 e. The maximum absolute atomic E-state index is 3.95. The van der Waals surface area contributed by atoms with Gasteiger partial charge in [0, 0.05) is 0 Å². The number of unbranched alkanes of at least 4 members (excludes halogenated alkanes) is 1. The van der Waals surface area contributed by atoms with E-state index < -0.39 is 0 Å². The van der Waals surface area contributed by atoms with Gasteiger partial charge in [-0.2, -0.15) is 0 Å². The monoisotopic (exact) mass is 165 g/mol. The van der Waals surface area contributed by atoms with Crippen LogP contribution in [0.15, 0.2) is 0 Å². The van der Waals surface area contributed by atoms with Gasteiger partial charge in [-0.25, -0.2) is 0 Å². The van der Waals surface area contributed by atoms with Gasteiger partial charge >= 0.3 is 0 Å². The van der Waals surface area contributed by atoms with E-state index in [0.29, 0.717) is 0 Å². The van der Waals surface area contributed by atoms with Gasteiger partial charge in [0.25, 0.3) is 0 Å². The van der Waals surface area contributed by atoms with Crippen LogP contribution in [0.3, 0.4) is 0 Å². The van der Waals surface area contributed by atoms with Crippen LogP contribution < -0.4 is 0 Å². The summed E-state index contributed by atoms with van der Waals surface area (Å²) in [6.07, 6.45) is 13.2. The molecule has 3 rings (SSSR count). The molecule has 0 nitrogen and oxygen atoms in total. The predicted molar refractivity (Wildman–Crippen MR) is 52.8 cm³/mol. The van der Waals surface area contributed by atoms with E-state index in [1.54, 1.807) is 0 Å². The summed E-state index contributed by atoms with van der Waals surface area (Å²) in [5, 5.41) is 0. The van der Waals surface area contributed by atoms with E-state index in [4.69, 9.17) is 0 Å². The van der Waals surface area contributed by atoms with Gasteiger partial charge in [0.1, 0.15) is 0 Å². The van der Waals surface area contributed by atoms with E-state index in [1.807, 2.05) is 0 Å². The Morgan fingerprint density at radius 1 is 1.08 bits per heavy atom. The first-order valence-corrected chi connectivity index (χ1v) is 5.64. The minimum Gasteiger partial charge on any atom is -0.0533 e. The van der Waals surface area contributed by atoms with Crippen molar-refractivity contribution in [3.8, 4) is 0 Å². The number of hydrogen-bond acceptors (Lipinski definition) is 0. The molecule has 0 aliphatic heterocycles. The molecule has 12 heavy (non-hydrogen) atoms. The largest absolute Gasteiger partial charge is 0.0533 e. The molecule has 0 N–H and O–H groups in total. The lowest BCUT2D eigenvalue weighted by molar-refractivity contribution is 0.0549. The van der Waals surface area contributed by atoms with Crippen molar-refractivity contribution >= 4 is 0 Å². The molecule has 0 aromatic heterocycles. The van der Waals surface area contributed by atoms with Crippen LogP contribution in [-0.2, 0) is 0 Å². The summed E-state index contributed by atoms with van der Waals surface area (Å²) in [7, 11) is 0. The molecule has 69 valence electrons. The summed E-state index contributed by atoms with van der Waals surface area (Å²) in [5.41, 5.74) is 0.798. The first-order chi connectivity index (χ1) is 5.85. The van der Waals surface area contributed by atoms with Gasteiger partial charge in [-0.3, -0.25) is 0 Å². The van der Waals surface area contributed by atoms with E-state index in [0.717, 1.165) is 17.8 Å². The quantitative estimate of drug-likeness (QED) is 0.593. The molecule has 0 unspecified atom stereocenters. The fraction of sp³-hybridized carbons (Fsp3) is 0.917. The third kappa shape index (κ3) is 1.53. The van der Waals surface area contributed by atoms with Crippen LogP contribution in [0, 0.1) is 18.3 Å². The minimum absolute atomic E-state index is 0.798. The lowest BCUT2D eigenvalue weighted by Gasteiger charge is -2.46. The second-order valence-electron chi connectivity index (χ2n) is 4.94. The van der Waals surface area contributed by atoms with E-state index >= 15 is 0 Å². The molecule has 0 heteroatoms. The highest BCUT2D eigenvalue weighted by Gasteiger charge is 2.39. The Morgan fingerprint density at radius 3 is 2.17 bits per heavy atom. The summed E-state index contributed by atoms with van der Waals surface area (Å²) in [4.78, 5) is 0. The predicted octanol–water partition coefficient (Wildman–Crippen LogP) is 3.96. The molecular weight excluding hydrogens is 144 g/mol. The zero-order chi connectivity index (χ0) is 8.44. The summed E-state index contributed by atoms with van der Waals surface area (Å²) in [5.74, 6) is 1.12. The molecule has 3 fully saturated rings. The second kappa shape index (κ2) is 3.40. The van der Waals surface area contributed by atoms with Crippen molar-refractivity contribution in [2.45, 2.75) is 57.8 Å². The Hall–Kier alpha value is 0. The molecule has 3 aliphatic rings. The molecule has 0 amide bonds. The van der Waals surface area contributed by atoms with Gasteiger partial charge in [0.15, 0.2) is 0 Å². The smallest absolute Gasteiger partial charge is 0.0297 e. The highest BCUT2D eigenvalue weighted by molar-refractivity contribution is 4.91. The average Bonchev–Trinajstić information content (AvgIpc) is 2.18. The van der Waals surface area contributed by atoms with Crippen molar-refractivity contribution in [1.29, 1.82) is 0 Å². The van der Waals surface area contributed by atoms with E-state index in [1.165, 1.54) is 51.4 Å². The molecule has 0 aromatic carbocycles. The zero-order valence-corrected chi connectivity index (χ0v) is 8.15. The van der Waals surface area contributed by atoms with Gasteiger partial charge in [-0.1, -0.05) is 19.8 Å². The first-order valence-electron chi connectivity index (χ1n) is 5.64. The molecule has 0 saturated heterocycles. The van der Waals surface area contributed by atoms with Crippen LogP contribution in [0.2, 0.25) is 0 Å². The van der Waals surface area contributed by atoms with Crippen LogP contribution in [0.4, 0.5) is 0 Å². The van der Waals surface area contributed by atoms with E-state index in [-0.39, 0.29) is 0 Å². The summed E-state index contributed by atoms with van der Waals surface area (Å²) < 4.78 is 0. The molecule has 2 bridgehead atoms. The van der Waals surface area contributed by atoms with Crippen LogP contribution in [0.25, 0.3) is 0 Å². The lowest BCUT2D eigenvalue weighted by atomic mass is 9.59. The van der Waals surface area contributed by atoms with Crippen molar-refractivity contribution in [2.24, 2.45) is 11.3 Å². The summed E-state index contributed by atoms with van der Waals surface area (Å²) >= 11 is 0. The third-order valence-corrected chi connectivity index (χ3v) is 4.21. The fourth-order valence-electron chi connectivity index (χ4n) is 3.21. The van der Waals surface area contributed by atoms with E-state index in [9.17, 15) is 0 Å². The SMILES string of the molecule is [CH2]CCCC12CCC(CC1)CC2. The normalized spacial score (nSPS) is 40.2. The van der Waals surface area contributed by atoms with Crippen LogP contribution >= 0.6 is 0 Å². The topological polar surface area (TPSA) is 0 Å².